The summed E-state index contributed by atoms with van der Waals surface area (Å²) >= 11 is 1.24. The fourth-order valence-electron chi connectivity index (χ4n) is 4.38. The Morgan fingerprint density at radius 3 is 2.38 bits per heavy atom. The van der Waals surface area contributed by atoms with Gasteiger partial charge in [-0.15, -0.1) is 11.3 Å². The number of aliphatic hydroxyl groups excluding tert-OH is 1. The monoisotopic (exact) mass is 538 g/mol. The minimum atomic E-state index is -0.860. The van der Waals surface area contributed by atoms with Gasteiger partial charge in [0.15, 0.2) is 5.13 Å². The van der Waals surface area contributed by atoms with E-state index in [1.165, 1.54) is 16.2 Å². The molecule has 1 amide bonds. The van der Waals surface area contributed by atoms with Crippen LogP contribution in [0.15, 0.2) is 103 Å². The second-order valence-corrected chi connectivity index (χ2v) is 9.77. The summed E-state index contributed by atoms with van der Waals surface area (Å²) in [7, 11) is 0. The van der Waals surface area contributed by atoms with Gasteiger partial charge in [0, 0.05) is 17.1 Å². The highest BCUT2D eigenvalue weighted by Crippen LogP contribution is 2.43. The lowest BCUT2D eigenvalue weighted by Gasteiger charge is -2.23. The average molecular weight is 539 g/mol. The highest BCUT2D eigenvalue weighted by Gasteiger charge is 2.48. The van der Waals surface area contributed by atoms with Crippen molar-refractivity contribution < 1.29 is 24.2 Å². The zero-order valence-corrected chi connectivity index (χ0v) is 22.1. The number of aryl methyl sites for hydroxylation is 1. The molecular weight excluding hydrogens is 512 g/mol. The van der Waals surface area contributed by atoms with Crippen molar-refractivity contribution in [2.75, 3.05) is 11.5 Å². The number of hydrogen-bond acceptors (Lipinski definition) is 7. The number of ether oxygens (including phenoxy) is 2. The van der Waals surface area contributed by atoms with Gasteiger partial charge in [0.05, 0.1) is 11.6 Å². The zero-order valence-electron chi connectivity index (χ0n) is 21.2. The van der Waals surface area contributed by atoms with Crippen LogP contribution in [0, 0.1) is 6.92 Å². The van der Waals surface area contributed by atoms with Gasteiger partial charge >= 0.3 is 5.91 Å². The molecule has 1 N–H and O–H groups in total. The number of hydrogen-bond donors (Lipinski definition) is 1. The number of carbonyl (C=O) groups excluding carboxylic acids is 2. The summed E-state index contributed by atoms with van der Waals surface area (Å²) in [6.07, 6.45) is 3.21. The summed E-state index contributed by atoms with van der Waals surface area (Å²) in [5, 5.41) is 13.4. The van der Waals surface area contributed by atoms with Crippen LogP contribution in [0.3, 0.4) is 0 Å². The van der Waals surface area contributed by atoms with E-state index in [0.717, 1.165) is 11.1 Å². The number of thiazole rings is 1. The largest absolute Gasteiger partial charge is 0.507 e. The van der Waals surface area contributed by atoms with E-state index in [4.69, 9.17) is 9.47 Å². The van der Waals surface area contributed by atoms with Crippen molar-refractivity contribution in [3.63, 3.8) is 0 Å². The van der Waals surface area contributed by atoms with Crippen LogP contribution in [0.1, 0.15) is 28.3 Å². The summed E-state index contributed by atoms with van der Waals surface area (Å²) in [6.45, 7) is 6.43. The van der Waals surface area contributed by atoms with Gasteiger partial charge in [-0.25, -0.2) is 4.98 Å². The van der Waals surface area contributed by atoms with Crippen molar-refractivity contribution in [3.05, 3.63) is 125 Å². The number of carbonyl (C=O) groups is 2. The molecule has 1 aliphatic rings. The Morgan fingerprint density at radius 2 is 1.72 bits per heavy atom. The maximum atomic E-state index is 13.3. The van der Waals surface area contributed by atoms with E-state index in [1.54, 1.807) is 66.2 Å². The van der Waals surface area contributed by atoms with Crippen LogP contribution >= 0.6 is 11.3 Å². The first-order chi connectivity index (χ1) is 19.0. The molecule has 196 valence electrons. The molecule has 1 fully saturated rings. The first-order valence-electron chi connectivity index (χ1n) is 12.3. The van der Waals surface area contributed by atoms with Crippen molar-refractivity contribution in [3.8, 4) is 11.5 Å². The van der Waals surface area contributed by atoms with Crippen LogP contribution in [-0.4, -0.2) is 28.4 Å². The predicted molar refractivity (Wildman–Crippen MR) is 151 cm³/mol. The summed E-state index contributed by atoms with van der Waals surface area (Å²) in [5.41, 5.74) is 3.23. The molecular formula is C31H26N2O5S. The van der Waals surface area contributed by atoms with Gasteiger partial charge in [-0.1, -0.05) is 49.1 Å². The lowest BCUT2D eigenvalue weighted by atomic mass is 9.95. The van der Waals surface area contributed by atoms with E-state index >= 15 is 0 Å². The highest BCUT2D eigenvalue weighted by molar-refractivity contribution is 7.14. The van der Waals surface area contributed by atoms with Gasteiger partial charge in [-0.2, -0.15) is 0 Å². The summed E-state index contributed by atoms with van der Waals surface area (Å²) in [4.78, 5) is 32.1. The maximum absolute atomic E-state index is 13.3. The summed E-state index contributed by atoms with van der Waals surface area (Å²) in [6, 6.07) is 21.0. The Labute approximate surface area is 230 Å². The van der Waals surface area contributed by atoms with Crippen LogP contribution < -0.4 is 14.4 Å². The van der Waals surface area contributed by atoms with Crippen LogP contribution in [0.5, 0.6) is 11.5 Å². The third-order valence-electron chi connectivity index (χ3n) is 6.42. The number of aliphatic hydroxyl groups is 1. The number of benzene rings is 3. The Kier molecular flexibility index (Phi) is 7.56. The standard InChI is InChI=1S/C31H26N2O5S/c1-3-17-37-24-12-8-21(9-13-24)27-26(29(35)30(36)33(27)31-32-16-18-39-31)28(34)22-10-14-25(15-11-22)38-19-23-7-5-4-6-20(23)2/h3-16,18,27,34H,1,17,19H2,2H3/b28-26+. The van der Waals surface area contributed by atoms with E-state index in [-0.39, 0.29) is 11.3 Å². The Hall–Kier alpha value is -4.69. The normalized spacial score (nSPS) is 16.3. The quantitative estimate of drug-likeness (QED) is 0.118. The second-order valence-electron chi connectivity index (χ2n) is 8.89. The minimum absolute atomic E-state index is 0.0106. The van der Waals surface area contributed by atoms with Gasteiger partial charge < -0.3 is 14.6 Å². The molecule has 2 heterocycles. The molecule has 1 saturated heterocycles. The number of amides is 1. The molecule has 7 nitrogen and oxygen atoms in total. The molecule has 1 unspecified atom stereocenters. The van der Waals surface area contributed by atoms with Crippen LogP contribution in [-0.2, 0) is 16.2 Å². The third-order valence-corrected chi connectivity index (χ3v) is 7.19. The number of ketones is 1. The molecule has 3 aromatic carbocycles. The second kappa shape index (κ2) is 11.4. The molecule has 39 heavy (non-hydrogen) atoms. The van der Waals surface area contributed by atoms with Crippen LogP contribution in [0.4, 0.5) is 5.13 Å². The third kappa shape index (κ3) is 5.32. The SMILES string of the molecule is C=CCOc1ccc(C2/C(=C(\O)c3ccc(OCc4ccccc4C)cc3)C(=O)C(=O)N2c2nccs2)cc1. The fraction of sp³-hybridized carbons (Fsp3) is 0.129. The molecule has 0 saturated carbocycles. The van der Waals surface area contributed by atoms with Gasteiger partial charge in [0.1, 0.15) is 30.5 Å². The Bertz CT molecular complexity index is 1530. The molecule has 5 rings (SSSR count). The smallest absolute Gasteiger partial charge is 0.301 e. The molecule has 0 spiro atoms. The molecule has 4 aromatic rings. The fourth-order valence-corrected chi connectivity index (χ4v) is 5.05. The summed E-state index contributed by atoms with van der Waals surface area (Å²) in [5.74, 6) is -0.563. The van der Waals surface area contributed by atoms with Crippen LogP contribution in [0.25, 0.3) is 5.76 Å². The van der Waals surface area contributed by atoms with E-state index in [0.29, 0.717) is 41.0 Å². The number of Topliss-reactive ketones (excluding diaryl/α,β-unsaturated/α-hetero) is 1. The zero-order chi connectivity index (χ0) is 27.4. The number of anilines is 1. The number of nitrogens with zero attached hydrogens (tertiary/aromatic N) is 2. The van der Waals surface area contributed by atoms with E-state index in [9.17, 15) is 14.7 Å². The van der Waals surface area contributed by atoms with Crippen molar-refractivity contribution in [2.45, 2.75) is 19.6 Å². The van der Waals surface area contributed by atoms with Crippen LogP contribution in [0.2, 0.25) is 0 Å². The van der Waals surface area contributed by atoms with Gasteiger partial charge in [-0.3, -0.25) is 14.5 Å². The first-order valence-corrected chi connectivity index (χ1v) is 13.2. The topological polar surface area (TPSA) is 89.0 Å². The van der Waals surface area contributed by atoms with E-state index in [2.05, 4.69) is 11.6 Å². The molecule has 1 aromatic heterocycles. The lowest BCUT2D eigenvalue weighted by Crippen LogP contribution is -2.29. The van der Waals surface area contributed by atoms with Crippen molar-refractivity contribution in [1.82, 2.24) is 4.98 Å². The van der Waals surface area contributed by atoms with Crippen molar-refractivity contribution >= 4 is 33.9 Å². The van der Waals surface area contributed by atoms with Gasteiger partial charge in [0.2, 0.25) is 0 Å². The average Bonchev–Trinajstić information content (AvgIpc) is 3.58. The summed E-state index contributed by atoms with van der Waals surface area (Å²) < 4.78 is 11.5. The van der Waals surface area contributed by atoms with Crippen molar-refractivity contribution in [2.24, 2.45) is 0 Å². The molecule has 0 radical (unpaired) electrons. The van der Waals surface area contributed by atoms with Gasteiger partial charge in [0.25, 0.3) is 5.78 Å². The molecule has 0 aliphatic carbocycles. The number of rotatable bonds is 9. The Morgan fingerprint density at radius 1 is 1.03 bits per heavy atom. The van der Waals surface area contributed by atoms with E-state index in [1.807, 2.05) is 31.2 Å². The minimum Gasteiger partial charge on any atom is -0.507 e. The number of aromatic nitrogens is 1. The molecule has 8 heteroatoms. The molecule has 0 bridgehead atoms. The molecule has 1 atom stereocenters. The Balaban J connectivity index is 1.48. The van der Waals surface area contributed by atoms with Gasteiger partial charge in [-0.05, 0) is 60.0 Å². The van der Waals surface area contributed by atoms with Crippen molar-refractivity contribution in [1.29, 1.82) is 0 Å². The van der Waals surface area contributed by atoms with E-state index < -0.39 is 17.7 Å². The molecule has 1 aliphatic heterocycles. The lowest BCUT2D eigenvalue weighted by molar-refractivity contribution is -0.132. The highest BCUT2D eigenvalue weighted by atomic mass is 32.1. The maximum Gasteiger partial charge on any atom is 0.301 e. The predicted octanol–water partition coefficient (Wildman–Crippen LogP) is 6.22. The first kappa shape index (κ1) is 25.9.